The molecule has 1 saturated carbocycles. The molecule has 7 rings (SSSR count). The first-order valence-electron chi connectivity index (χ1n) is 11.4. The van der Waals surface area contributed by atoms with Crippen molar-refractivity contribution in [3.05, 3.63) is 41.5 Å². The van der Waals surface area contributed by atoms with Crippen LogP contribution in [-0.4, -0.2) is 51.5 Å². The Labute approximate surface area is 177 Å². The van der Waals surface area contributed by atoms with Gasteiger partial charge < -0.3 is 9.64 Å². The van der Waals surface area contributed by atoms with Gasteiger partial charge in [0.1, 0.15) is 0 Å². The summed E-state index contributed by atoms with van der Waals surface area (Å²) >= 11 is 0. The van der Waals surface area contributed by atoms with Crippen molar-refractivity contribution in [3.8, 4) is 17.3 Å². The smallest absolute Gasteiger partial charge is 0.235 e. The van der Waals surface area contributed by atoms with Crippen LogP contribution in [0.25, 0.3) is 17.0 Å². The highest BCUT2D eigenvalue weighted by atomic mass is 16.5. The van der Waals surface area contributed by atoms with Gasteiger partial charge in [0.25, 0.3) is 0 Å². The zero-order valence-corrected chi connectivity index (χ0v) is 17.6. The SMILES string of the molecule is CN1CCCC(COc2nn3c(-c4ccccc4)nnc3c3c2C2CCC3CC2)C1. The van der Waals surface area contributed by atoms with Crippen molar-refractivity contribution in [2.45, 2.75) is 50.4 Å². The Morgan fingerprint density at radius 1 is 0.967 bits per heavy atom. The molecule has 0 spiro atoms. The quantitative estimate of drug-likeness (QED) is 0.651. The Morgan fingerprint density at radius 3 is 2.50 bits per heavy atom. The number of fused-ring (bicyclic) bond motifs is 3. The summed E-state index contributed by atoms with van der Waals surface area (Å²) in [5.74, 6) is 3.33. The molecule has 2 aromatic heterocycles. The number of rotatable bonds is 4. The van der Waals surface area contributed by atoms with Crippen molar-refractivity contribution in [2.24, 2.45) is 5.92 Å². The van der Waals surface area contributed by atoms with Crippen LogP contribution < -0.4 is 4.74 Å². The number of ether oxygens (including phenoxy) is 1. The summed E-state index contributed by atoms with van der Waals surface area (Å²) in [6.07, 6.45) is 7.48. The maximum absolute atomic E-state index is 6.50. The van der Waals surface area contributed by atoms with E-state index in [1.165, 1.54) is 56.2 Å². The first-order valence-corrected chi connectivity index (χ1v) is 11.4. The molecule has 1 aromatic carbocycles. The van der Waals surface area contributed by atoms with Gasteiger partial charge in [0, 0.05) is 29.2 Å². The van der Waals surface area contributed by atoms with Crippen LogP contribution in [0.15, 0.2) is 30.3 Å². The zero-order valence-electron chi connectivity index (χ0n) is 17.6. The van der Waals surface area contributed by atoms with Crippen molar-refractivity contribution in [3.63, 3.8) is 0 Å². The number of aromatic nitrogens is 4. The number of benzene rings is 1. The van der Waals surface area contributed by atoms with Gasteiger partial charge in [0.15, 0.2) is 11.5 Å². The molecule has 0 radical (unpaired) electrons. The number of hydrogen-bond acceptors (Lipinski definition) is 5. The summed E-state index contributed by atoms with van der Waals surface area (Å²) < 4.78 is 8.44. The molecule has 3 heterocycles. The molecule has 156 valence electrons. The predicted molar refractivity (Wildman–Crippen MR) is 116 cm³/mol. The molecule has 2 fully saturated rings. The van der Waals surface area contributed by atoms with E-state index in [1.54, 1.807) is 0 Å². The standard InChI is InChI=1S/C24H29N5O/c1-28-13-5-6-16(14-28)15-30-24-21-18-11-9-17(10-12-18)20(21)23-26-25-22(29(23)27-24)19-7-3-2-4-8-19/h2-4,7-8,16-18H,5-6,9-15H2,1H3. The highest BCUT2D eigenvalue weighted by Gasteiger charge is 2.39. The maximum Gasteiger partial charge on any atom is 0.235 e. The van der Waals surface area contributed by atoms with E-state index < -0.39 is 0 Å². The fraction of sp³-hybridized carbons (Fsp3) is 0.542. The molecule has 1 aliphatic heterocycles. The van der Waals surface area contributed by atoms with Gasteiger partial charge in [-0.15, -0.1) is 15.3 Å². The maximum atomic E-state index is 6.50. The van der Waals surface area contributed by atoms with Crippen LogP contribution in [0, 0.1) is 5.92 Å². The molecule has 3 aliphatic carbocycles. The molecule has 3 aromatic rings. The van der Waals surface area contributed by atoms with Gasteiger partial charge in [-0.05, 0) is 64.0 Å². The number of likely N-dealkylation sites (tertiary alicyclic amines) is 1. The summed E-state index contributed by atoms with van der Waals surface area (Å²) in [5.41, 5.74) is 4.67. The van der Waals surface area contributed by atoms with Gasteiger partial charge in [-0.25, -0.2) is 0 Å². The fourth-order valence-corrected chi connectivity index (χ4v) is 5.87. The predicted octanol–water partition coefficient (Wildman–Crippen LogP) is 4.27. The largest absolute Gasteiger partial charge is 0.476 e. The Morgan fingerprint density at radius 2 is 1.73 bits per heavy atom. The van der Waals surface area contributed by atoms with Crippen molar-refractivity contribution in [2.75, 3.05) is 26.7 Å². The highest BCUT2D eigenvalue weighted by Crippen LogP contribution is 2.53. The molecule has 0 amide bonds. The minimum Gasteiger partial charge on any atom is -0.476 e. The van der Waals surface area contributed by atoms with E-state index in [9.17, 15) is 0 Å². The van der Waals surface area contributed by atoms with E-state index in [4.69, 9.17) is 9.84 Å². The number of nitrogens with zero attached hydrogens (tertiary/aromatic N) is 5. The summed E-state index contributed by atoms with van der Waals surface area (Å²) in [6, 6.07) is 10.2. The van der Waals surface area contributed by atoms with Gasteiger partial charge in [0.05, 0.1) is 6.61 Å². The second kappa shape index (κ2) is 7.34. The molecule has 6 nitrogen and oxygen atoms in total. The highest BCUT2D eigenvalue weighted by molar-refractivity contribution is 5.65. The van der Waals surface area contributed by atoms with E-state index in [0.29, 0.717) is 17.8 Å². The van der Waals surface area contributed by atoms with Crippen LogP contribution in [-0.2, 0) is 0 Å². The van der Waals surface area contributed by atoms with Crippen LogP contribution in [0.1, 0.15) is 61.5 Å². The van der Waals surface area contributed by atoms with Gasteiger partial charge in [0.2, 0.25) is 5.88 Å². The van der Waals surface area contributed by atoms with Gasteiger partial charge >= 0.3 is 0 Å². The van der Waals surface area contributed by atoms with Gasteiger partial charge in [-0.2, -0.15) is 4.52 Å². The summed E-state index contributed by atoms with van der Waals surface area (Å²) in [4.78, 5) is 2.42. The van der Waals surface area contributed by atoms with Crippen LogP contribution in [0.2, 0.25) is 0 Å². The molecule has 1 saturated heterocycles. The van der Waals surface area contributed by atoms with Gasteiger partial charge in [-0.1, -0.05) is 30.3 Å². The number of piperidine rings is 1. The van der Waals surface area contributed by atoms with E-state index in [1.807, 2.05) is 22.7 Å². The van der Waals surface area contributed by atoms with Crippen molar-refractivity contribution in [1.82, 2.24) is 24.7 Å². The molecule has 1 atom stereocenters. The lowest BCUT2D eigenvalue weighted by Gasteiger charge is -2.38. The molecular formula is C24H29N5O. The summed E-state index contributed by atoms with van der Waals surface area (Å²) in [7, 11) is 2.21. The van der Waals surface area contributed by atoms with Crippen molar-refractivity contribution in [1.29, 1.82) is 0 Å². The van der Waals surface area contributed by atoms with E-state index in [0.717, 1.165) is 36.1 Å². The Hall–Kier alpha value is -2.47. The normalized spacial score (nSPS) is 26.1. The molecule has 2 bridgehead atoms. The van der Waals surface area contributed by atoms with E-state index in [2.05, 4.69) is 34.3 Å². The fourth-order valence-electron chi connectivity index (χ4n) is 5.87. The molecule has 1 unspecified atom stereocenters. The summed E-state index contributed by atoms with van der Waals surface area (Å²) in [6.45, 7) is 3.05. The molecule has 0 N–H and O–H groups in total. The van der Waals surface area contributed by atoms with Crippen LogP contribution in [0.4, 0.5) is 0 Å². The third-order valence-corrected chi connectivity index (χ3v) is 7.35. The molecule has 6 heteroatoms. The Balaban J connectivity index is 1.44. The van der Waals surface area contributed by atoms with Crippen molar-refractivity contribution >= 4 is 5.65 Å². The third kappa shape index (κ3) is 3.00. The molecule has 4 aliphatic rings. The first kappa shape index (κ1) is 18.3. The Bertz CT molecular complexity index is 1050. The third-order valence-electron chi connectivity index (χ3n) is 7.35. The summed E-state index contributed by atoms with van der Waals surface area (Å²) in [5, 5.41) is 14.2. The lowest BCUT2D eigenvalue weighted by molar-refractivity contribution is 0.144. The molecule has 30 heavy (non-hydrogen) atoms. The average molecular weight is 404 g/mol. The Kier molecular flexibility index (Phi) is 4.48. The van der Waals surface area contributed by atoms with Gasteiger partial charge in [-0.3, -0.25) is 0 Å². The average Bonchev–Trinajstić information content (AvgIpc) is 3.23. The van der Waals surface area contributed by atoms with Crippen LogP contribution in [0.5, 0.6) is 5.88 Å². The number of hydrogen-bond donors (Lipinski definition) is 0. The monoisotopic (exact) mass is 403 g/mol. The van der Waals surface area contributed by atoms with Crippen molar-refractivity contribution < 1.29 is 4.74 Å². The van der Waals surface area contributed by atoms with Crippen LogP contribution >= 0.6 is 0 Å². The minimum atomic E-state index is 0.559. The van der Waals surface area contributed by atoms with E-state index in [-0.39, 0.29) is 0 Å². The van der Waals surface area contributed by atoms with E-state index >= 15 is 0 Å². The molecular weight excluding hydrogens is 374 g/mol. The zero-order chi connectivity index (χ0) is 20.1. The second-order valence-corrected chi connectivity index (χ2v) is 9.39. The lowest BCUT2D eigenvalue weighted by Crippen LogP contribution is -2.35. The topological polar surface area (TPSA) is 55.5 Å². The first-order chi connectivity index (χ1) is 14.8. The minimum absolute atomic E-state index is 0.559. The van der Waals surface area contributed by atoms with Crippen LogP contribution in [0.3, 0.4) is 0 Å². The second-order valence-electron chi connectivity index (χ2n) is 9.39. The lowest BCUT2D eigenvalue weighted by atomic mass is 9.67.